The van der Waals surface area contributed by atoms with Crippen LogP contribution in [0.25, 0.3) is 22.3 Å². The van der Waals surface area contributed by atoms with Gasteiger partial charge in [0.15, 0.2) is 0 Å². The van der Waals surface area contributed by atoms with E-state index < -0.39 is 0 Å². The van der Waals surface area contributed by atoms with Gasteiger partial charge in [-0.25, -0.2) is 0 Å². The first-order valence-electron chi connectivity index (χ1n) is 10.5. The minimum atomic E-state index is 0.317. The van der Waals surface area contributed by atoms with Gasteiger partial charge in [-0.05, 0) is 79.6 Å². The van der Waals surface area contributed by atoms with E-state index in [1.165, 1.54) is 53.5 Å². The Bertz CT molecular complexity index is 932. The van der Waals surface area contributed by atoms with Gasteiger partial charge in [-0.3, -0.25) is 0 Å². The summed E-state index contributed by atoms with van der Waals surface area (Å²) < 4.78 is 0. The van der Waals surface area contributed by atoms with Crippen molar-refractivity contribution in [2.45, 2.75) is 59.8 Å². The third kappa shape index (κ3) is 5.25. The molecule has 0 aromatic heterocycles. The van der Waals surface area contributed by atoms with E-state index in [-0.39, 0.29) is 0 Å². The Morgan fingerprint density at radius 2 is 1.11 bits per heavy atom. The molecule has 3 aromatic rings. The number of rotatable bonds is 7. The van der Waals surface area contributed by atoms with Crippen LogP contribution in [0.4, 0.5) is 0 Å². The fourth-order valence-electron chi connectivity index (χ4n) is 4.02. The summed E-state index contributed by atoms with van der Waals surface area (Å²) in [5, 5.41) is 10.4. The molecule has 0 aliphatic rings. The van der Waals surface area contributed by atoms with Gasteiger partial charge in [0, 0.05) is 0 Å². The van der Waals surface area contributed by atoms with E-state index in [0.29, 0.717) is 5.75 Å². The van der Waals surface area contributed by atoms with Crippen LogP contribution in [0.3, 0.4) is 0 Å². The van der Waals surface area contributed by atoms with Crippen molar-refractivity contribution >= 4 is 0 Å². The van der Waals surface area contributed by atoms with Gasteiger partial charge < -0.3 is 5.11 Å². The van der Waals surface area contributed by atoms with E-state index in [2.05, 4.69) is 70.2 Å². The van der Waals surface area contributed by atoms with Crippen LogP contribution in [0, 0.1) is 20.8 Å². The third-order valence-corrected chi connectivity index (χ3v) is 5.26. The molecule has 0 bridgehead atoms. The van der Waals surface area contributed by atoms with E-state index >= 15 is 0 Å². The summed E-state index contributed by atoms with van der Waals surface area (Å²) in [7, 11) is 0. The molecule has 146 valence electrons. The fraction of sp³-hybridized carbons (Fsp3) is 0.333. The minimum absolute atomic E-state index is 0.317. The third-order valence-electron chi connectivity index (χ3n) is 5.26. The number of aryl methyl sites for hydroxylation is 4. The quantitative estimate of drug-likeness (QED) is 0.420. The van der Waals surface area contributed by atoms with Crippen molar-refractivity contribution in [3.05, 3.63) is 76.9 Å². The lowest BCUT2D eigenvalue weighted by atomic mass is 9.94. The first kappa shape index (κ1) is 20.2. The van der Waals surface area contributed by atoms with Crippen LogP contribution in [-0.2, 0) is 6.42 Å². The molecule has 0 spiro atoms. The fourth-order valence-corrected chi connectivity index (χ4v) is 4.02. The number of hydrogen-bond acceptors (Lipinski definition) is 1. The summed E-state index contributed by atoms with van der Waals surface area (Å²) in [4.78, 5) is 0. The molecule has 0 saturated heterocycles. The lowest BCUT2D eigenvalue weighted by Gasteiger charge is -2.12. The molecule has 0 fully saturated rings. The van der Waals surface area contributed by atoms with Crippen LogP contribution in [0.2, 0.25) is 0 Å². The smallest absolute Gasteiger partial charge is 0.116 e. The maximum Gasteiger partial charge on any atom is 0.116 e. The Morgan fingerprint density at radius 3 is 1.71 bits per heavy atom. The molecular formula is C27H32O. The molecular weight excluding hydrogens is 340 g/mol. The van der Waals surface area contributed by atoms with Gasteiger partial charge >= 0.3 is 0 Å². The highest BCUT2D eigenvalue weighted by atomic mass is 16.3. The van der Waals surface area contributed by atoms with Crippen LogP contribution in [0.5, 0.6) is 5.75 Å². The molecule has 3 rings (SSSR count). The highest BCUT2D eigenvalue weighted by Crippen LogP contribution is 2.33. The summed E-state index contributed by atoms with van der Waals surface area (Å²) in [6, 6.07) is 19.3. The maximum atomic E-state index is 10.4. The number of hydrogen-bond donors (Lipinski definition) is 1. The van der Waals surface area contributed by atoms with Gasteiger partial charge in [-0.15, -0.1) is 0 Å². The molecule has 1 nitrogen and oxygen atoms in total. The lowest BCUT2D eigenvalue weighted by Crippen LogP contribution is -1.90. The number of phenols is 1. The summed E-state index contributed by atoms with van der Waals surface area (Å²) in [5.74, 6) is 0.317. The zero-order chi connectivity index (χ0) is 20.1. The van der Waals surface area contributed by atoms with E-state index in [9.17, 15) is 5.11 Å². The van der Waals surface area contributed by atoms with Crippen molar-refractivity contribution in [3.63, 3.8) is 0 Å². The molecule has 0 aliphatic heterocycles. The number of phenolic OH excluding ortho intramolecular Hbond substituents is 1. The first-order chi connectivity index (χ1) is 13.4. The number of unbranched alkanes of at least 4 members (excludes halogenated alkanes) is 3. The molecule has 0 heterocycles. The van der Waals surface area contributed by atoms with Crippen LogP contribution in [0.1, 0.15) is 54.9 Å². The molecule has 1 heteroatoms. The van der Waals surface area contributed by atoms with Gasteiger partial charge in [0.25, 0.3) is 0 Å². The van der Waals surface area contributed by atoms with Gasteiger partial charge in [-0.2, -0.15) is 0 Å². The second kappa shape index (κ2) is 9.10. The maximum absolute atomic E-state index is 10.4. The van der Waals surface area contributed by atoms with Crippen LogP contribution >= 0.6 is 0 Å². The summed E-state index contributed by atoms with van der Waals surface area (Å²) >= 11 is 0. The van der Waals surface area contributed by atoms with E-state index in [1.807, 2.05) is 12.1 Å². The van der Waals surface area contributed by atoms with Crippen molar-refractivity contribution in [1.82, 2.24) is 0 Å². The highest BCUT2D eigenvalue weighted by molar-refractivity contribution is 5.76. The van der Waals surface area contributed by atoms with Gasteiger partial charge in [-0.1, -0.05) is 79.3 Å². The van der Waals surface area contributed by atoms with Gasteiger partial charge in [0.1, 0.15) is 5.75 Å². The van der Waals surface area contributed by atoms with Gasteiger partial charge in [0.2, 0.25) is 0 Å². The molecule has 0 aliphatic carbocycles. The zero-order valence-corrected chi connectivity index (χ0v) is 17.7. The second-order valence-corrected chi connectivity index (χ2v) is 8.16. The molecule has 0 saturated carbocycles. The van der Waals surface area contributed by atoms with Crippen molar-refractivity contribution in [1.29, 1.82) is 0 Å². The SMILES string of the molecule is CCCCCCc1cc(C)cc(-c2cc(O)cc(-c3cc(C)cc(C)c3)c2)c1. The van der Waals surface area contributed by atoms with Crippen LogP contribution in [-0.4, -0.2) is 5.11 Å². The molecule has 28 heavy (non-hydrogen) atoms. The molecule has 0 radical (unpaired) electrons. The number of aromatic hydroxyl groups is 1. The van der Waals surface area contributed by atoms with E-state index in [0.717, 1.165) is 23.1 Å². The largest absolute Gasteiger partial charge is 0.508 e. The van der Waals surface area contributed by atoms with Gasteiger partial charge in [0.05, 0.1) is 0 Å². The average molecular weight is 373 g/mol. The second-order valence-electron chi connectivity index (χ2n) is 8.16. The lowest BCUT2D eigenvalue weighted by molar-refractivity contribution is 0.476. The number of benzene rings is 3. The Balaban J connectivity index is 1.95. The minimum Gasteiger partial charge on any atom is -0.508 e. The molecule has 3 aromatic carbocycles. The topological polar surface area (TPSA) is 20.2 Å². The van der Waals surface area contributed by atoms with Crippen molar-refractivity contribution in [2.24, 2.45) is 0 Å². The Kier molecular flexibility index (Phi) is 6.57. The van der Waals surface area contributed by atoms with Crippen molar-refractivity contribution in [3.8, 4) is 28.0 Å². The summed E-state index contributed by atoms with van der Waals surface area (Å²) in [6.45, 7) is 8.64. The zero-order valence-electron chi connectivity index (χ0n) is 17.7. The normalized spacial score (nSPS) is 11.0. The molecule has 0 unspecified atom stereocenters. The summed E-state index contributed by atoms with van der Waals surface area (Å²) in [6.07, 6.45) is 6.23. The predicted octanol–water partition coefficient (Wildman–Crippen LogP) is 7.77. The molecule has 0 amide bonds. The first-order valence-corrected chi connectivity index (χ1v) is 10.5. The van der Waals surface area contributed by atoms with Crippen LogP contribution < -0.4 is 0 Å². The predicted molar refractivity (Wildman–Crippen MR) is 121 cm³/mol. The van der Waals surface area contributed by atoms with E-state index in [1.54, 1.807) is 0 Å². The van der Waals surface area contributed by atoms with Crippen molar-refractivity contribution in [2.75, 3.05) is 0 Å². The Morgan fingerprint density at radius 1 is 0.571 bits per heavy atom. The molecule has 1 N–H and O–H groups in total. The molecule has 0 atom stereocenters. The average Bonchev–Trinajstić information content (AvgIpc) is 2.63. The Hall–Kier alpha value is -2.54. The highest BCUT2D eigenvalue weighted by Gasteiger charge is 2.08. The Labute approximate surface area is 170 Å². The summed E-state index contributed by atoms with van der Waals surface area (Å²) in [5.41, 5.74) is 9.63. The van der Waals surface area contributed by atoms with Crippen LogP contribution in [0.15, 0.2) is 54.6 Å². The monoisotopic (exact) mass is 372 g/mol. The van der Waals surface area contributed by atoms with Crippen molar-refractivity contribution < 1.29 is 5.11 Å². The standard InChI is InChI=1S/C27H32O/c1-5-6-7-8-9-22-11-21(4)14-24(15-22)26-16-25(17-27(28)18-26)23-12-19(2)10-20(3)13-23/h10-18,28H,5-9H2,1-4H3. The van der Waals surface area contributed by atoms with E-state index in [4.69, 9.17) is 0 Å².